The molecule has 1 rings (SSSR count). The average Bonchev–Trinajstić information content (AvgIpc) is 2.16. The number of hydrogen-bond acceptors (Lipinski definition) is 3. The van der Waals surface area contributed by atoms with E-state index in [9.17, 15) is 4.79 Å². The van der Waals surface area contributed by atoms with Crippen LogP contribution in [0.2, 0.25) is 0 Å². The summed E-state index contributed by atoms with van der Waals surface area (Å²) >= 11 is 3.32. The van der Waals surface area contributed by atoms with Crippen molar-refractivity contribution in [3.05, 3.63) is 34.1 Å². The second kappa shape index (κ2) is 4.18. The van der Waals surface area contributed by atoms with E-state index in [0.717, 1.165) is 16.5 Å². The molecule has 0 N–H and O–H groups in total. The third kappa shape index (κ3) is 2.15. The van der Waals surface area contributed by atoms with Crippen LogP contribution in [0.15, 0.2) is 39.2 Å². The molecule has 0 fully saturated rings. The summed E-state index contributed by atoms with van der Waals surface area (Å²) in [6.07, 6.45) is 6.18. The molecule has 0 aromatic rings. The Morgan fingerprint density at radius 1 is 1.77 bits per heavy atom. The zero-order valence-corrected chi connectivity index (χ0v) is 8.78. The van der Waals surface area contributed by atoms with Crippen LogP contribution >= 0.6 is 15.9 Å². The van der Waals surface area contributed by atoms with Gasteiger partial charge in [-0.3, -0.25) is 4.79 Å². The maximum Gasteiger partial charge on any atom is 0.147 e. The Bertz CT molecular complexity index is 329. The van der Waals surface area contributed by atoms with Crippen molar-refractivity contribution in [3.63, 3.8) is 0 Å². The fourth-order valence-corrected chi connectivity index (χ4v) is 1.28. The van der Waals surface area contributed by atoms with Crippen LogP contribution in [0.1, 0.15) is 6.92 Å². The van der Waals surface area contributed by atoms with Gasteiger partial charge in [0.15, 0.2) is 0 Å². The van der Waals surface area contributed by atoms with Crippen molar-refractivity contribution in [2.45, 2.75) is 6.92 Å². The second-order valence-electron chi connectivity index (χ2n) is 2.52. The Morgan fingerprint density at radius 2 is 2.46 bits per heavy atom. The molecule has 0 aliphatic carbocycles. The molecule has 0 aromatic heterocycles. The van der Waals surface area contributed by atoms with E-state index in [0.29, 0.717) is 5.57 Å². The van der Waals surface area contributed by atoms with Crippen molar-refractivity contribution in [2.75, 3.05) is 0 Å². The summed E-state index contributed by atoms with van der Waals surface area (Å²) in [4.78, 5) is 10.6. The number of nitrogens with zero attached hydrogens (tertiary/aromatic N) is 2. The molecule has 0 atom stereocenters. The quantitative estimate of drug-likeness (QED) is 0.421. The summed E-state index contributed by atoms with van der Waals surface area (Å²) in [6, 6.07) is 0. The van der Waals surface area contributed by atoms with Gasteiger partial charge in [0.1, 0.15) is 6.29 Å². The Balaban J connectivity index is 3.13. The van der Waals surface area contributed by atoms with Crippen LogP contribution < -0.4 is 0 Å². The first-order valence-electron chi connectivity index (χ1n) is 3.66. The number of carbonyl (C=O) groups excluding carboxylic acids is 1. The first-order chi connectivity index (χ1) is 6.19. The molecular formula is C9H9BrN2O. The van der Waals surface area contributed by atoms with E-state index in [2.05, 4.69) is 27.7 Å². The molecule has 0 aromatic carbocycles. The van der Waals surface area contributed by atoms with Crippen molar-refractivity contribution in [1.29, 1.82) is 0 Å². The zero-order valence-electron chi connectivity index (χ0n) is 7.20. The smallest absolute Gasteiger partial charge is 0.147 e. The summed E-state index contributed by atoms with van der Waals surface area (Å²) in [7, 11) is 0. The number of halogens is 1. The fourth-order valence-electron chi connectivity index (χ4n) is 0.945. The maximum absolute atomic E-state index is 10.6. The van der Waals surface area contributed by atoms with Crippen molar-refractivity contribution >= 4 is 28.9 Å². The largest absolute Gasteiger partial charge is 0.298 e. The maximum atomic E-state index is 10.6. The second-order valence-corrected chi connectivity index (χ2v) is 3.43. The van der Waals surface area contributed by atoms with Crippen LogP contribution in [-0.4, -0.2) is 18.0 Å². The Hall–Kier alpha value is -1.16. The van der Waals surface area contributed by atoms with E-state index in [1.807, 2.05) is 12.2 Å². The van der Waals surface area contributed by atoms with Gasteiger partial charge in [0, 0.05) is 23.0 Å². The lowest BCUT2D eigenvalue weighted by Crippen LogP contribution is -2.12. The molecule has 0 saturated carbocycles. The lowest BCUT2D eigenvalue weighted by atomic mass is 10.2. The van der Waals surface area contributed by atoms with Crippen molar-refractivity contribution in [1.82, 2.24) is 5.01 Å². The van der Waals surface area contributed by atoms with Crippen LogP contribution in [0, 0.1) is 0 Å². The number of allylic oxidation sites excluding steroid dienone is 4. The molecule has 3 nitrogen and oxygen atoms in total. The number of rotatable bonds is 2. The van der Waals surface area contributed by atoms with Crippen LogP contribution in [0.5, 0.6) is 0 Å². The molecule has 1 aliphatic rings. The van der Waals surface area contributed by atoms with E-state index >= 15 is 0 Å². The number of aldehydes is 1. The van der Waals surface area contributed by atoms with Gasteiger partial charge in [-0.2, -0.15) is 5.10 Å². The normalized spacial score (nSPS) is 19.5. The number of carbonyl (C=O) groups is 1. The molecule has 0 saturated heterocycles. The van der Waals surface area contributed by atoms with Crippen LogP contribution in [-0.2, 0) is 4.79 Å². The molecule has 68 valence electrons. The van der Waals surface area contributed by atoms with Gasteiger partial charge in [-0.15, -0.1) is 0 Å². The van der Waals surface area contributed by atoms with Gasteiger partial charge in [-0.25, -0.2) is 5.01 Å². The van der Waals surface area contributed by atoms with Crippen LogP contribution in [0.3, 0.4) is 0 Å². The highest BCUT2D eigenvalue weighted by Crippen LogP contribution is 2.22. The van der Waals surface area contributed by atoms with E-state index in [1.54, 1.807) is 18.1 Å². The molecular weight excluding hydrogens is 232 g/mol. The van der Waals surface area contributed by atoms with Gasteiger partial charge in [-0.1, -0.05) is 15.9 Å². The van der Waals surface area contributed by atoms with Crippen LogP contribution in [0.4, 0.5) is 0 Å². The van der Waals surface area contributed by atoms with E-state index in [-0.39, 0.29) is 0 Å². The first kappa shape index (κ1) is 9.92. The standard InChI is InChI=1S/C9H9BrN2O/c1-7(6-13)9-5-8(10)3-4-12(9)11-2/h3-6H,2H2,1H3. The molecule has 0 radical (unpaired) electrons. The van der Waals surface area contributed by atoms with Crippen molar-refractivity contribution in [3.8, 4) is 0 Å². The lowest BCUT2D eigenvalue weighted by Gasteiger charge is -2.19. The highest BCUT2D eigenvalue weighted by Gasteiger charge is 2.10. The lowest BCUT2D eigenvalue weighted by molar-refractivity contribution is -0.105. The SMILES string of the molecule is C=NN1C=CC(Br)=CC1=C(C)C=O. The topological polar surface area (TPSA) is 32.7 Å². The van der Waals surface area contributed by atoms with Gasteiger partial charge in [0.05, 0.1) is 5.70 Å². The molecule has 0 amide bonds. The third-order valence-corrected chi connectivity index (χ3v) is 2.12. The van der Waals surface area contributed by atoms with Crippen molar-refractivity contribution < 1.29 is 4.79 Å². The molecule has 1 aliphatic heterocycles. The van der Waals surface area contributed by atoms with E-state index in [1.165, 1.54) is 0 Å². The van der Waals surface area contributed by atoms with Gasteiger partial charge in [-0.05, 0) is 19.1 Å². The summed E-state index contributed by atoms with van der Waals surface area (Å²) < 4.78 is 0.906. The van der Waals surface area contributed by atoms with Gasteiger partial charge >= 0.3 is 0 Å². The number of hydrazone groups is 1. The van der Waals surface area contributed by atoms with E-state index < -0.39 is 0 Å². The minimum atomic E-state index is 0.619. The molecule has 1 heterocycles. The highest BCUT2D eigenvalue weighted by molar-refractivity contribution is 9.11. The zero-order chi connectivity index (χ0) is 9.84. The van der Waals surface area contributed by atoms with Crippen molar-refractivity contribution in [2.24, 2.45) is 5.10 Å². The minimum absolute atomic E-state index is 0.619. The van der Waals surface area contributed by atoms with Gasteiger partial charge < -0.3 is 0 Å². The Morgan fingerprint density at radius 3 is 3.00 bits per heavy atom. The van der Waals surface area contributed by atoms with Crippen LogP contribution in [0.25, 0.3) is 0 Å². The minimum Gasteiger partial charge on any atom is -0.298 e. The third-order valence-electron chi connectivity index (χ3n) is 1.63. The van der Waals surface area contributed by atoms with Gasteiger partial charge in [0.2, 0.25) is 0 Å². The first-order valence-corrected chi connectivity index (χ1v) is 4.45. The Kier molecular flexibility index (Phi) is 3.19. The van der Waals surface area contributed by atoms with E-state index in [4.69, 9.17) is 0 Å². The Labute approximate surface area is 85.2 Å². The summed E-state index contributed by atoms with van der Waals surface area (Å²) in [5.74, 6) is 0. The average molecular weight is 241 g/mol. The van der Waals surface area contributed by atoms with Gasteiger partial charge in [0.25, 0.3) is 0 Å². The molecule has 4 heteroatoms. The fraction of sp³-hybridized carbons (Fsp3) is 0.111. The molecule has 0 bridgehead atoms. The predicted molar refractivity (Wildman–Crippen MR) is 56.3 cm³/mol. The molecule has 0 unspecified atom stereocenters. The predicted octanol–water partition coefficient (Wildman–Crippen LogP) is 2.18. The summed E-state index contributed by atoms with van der Waals surface area (Å²) in [5.41, 5.74) is 1.35. The summed E-state index contributed by atoms with van der Waals surface area (Å²) in [5, 5.41) is 5.30. The monoisotopic (exact) mass is 240 g/mol. The number of hydrogen-bond donors (Lipinski definition) is 0. The highest BCUT2D eigenvalue weighted by atomic mass is 79.9. The molecule has 13 heavy (non-hydrogen) atoms. The summed E-state index contributed by atoms with van der Waals surface area (Å²) in [6.45, 7) is 5.14. The molecule has 0 spiro atoms.